The molecule has 2 unspecified atom stereocenters. The molecule has 2 atom stereocenters. The van der Waals surface area contributed by atoms with Crippen molar-refractivity contribution in [2.45, 2.75) is 44.9 Å². The van der Waals surface area contributed by atoms with Gasteiger partial charge in [0.2, 0.25) is 11.9 Å². The first-order chi connectivity index (χ1) is 18.2. The van der Waals surface area contributed by atoms with Crippen LogP contribution in [-0.2, 0) is 4.79 Å². The maximum Gasteiger partial charge on any atom is 0.227 e. The van der Waals surface area contributed by atoms with Crippen LogP contribution in [0.2, 0.25) is 0 Å². The highest BCUT2D eigenvalue weighted by atomic mass is 19.1. The van der Waals surface area contributed by atoms with Gasteiger partial charge in [0.15, 0.2) is 0 Å². The largest absolute Gasteiger partial charge is 0.390 e. The van der Waals surface area contributed by atoms with E-state index in [1.54, 1.807) is 36.2 Å². The molecule has 0 saturated carbocycles. The Bertz CT molecular complexity index is 1310. The maximum atomic E-state index is 14.0. The Balaban J connectivity index is 1.36. The van der Waals surface area contributed by atoms with Crippen molar-refractivity contribution >= 4 is 40.0 Å². The number of fused-ring (bicyclic) bond motifs is 1. The number of hydrogen-bond acceptors (Lipinski definition) is 8. The summed E-state index contributed by atoms with van der Waals surface area (Å²) in [5.74, 6) is 2.52. The molecule has 0 bridgehead atoms. The zero-order valence-corrected chi connectivity index (χ0v) is 22.4. The molecule has 1 aromatic carbocycles. The lowest BCUT2D eigenvalue weighted by molar-refractivity contribution is -0.129. The highest BCUT2D eigenvalue weighted by Crippen LogP contribution is 2.37. The number of carbonyl (C=O) groups is 1. The summed E-state index contributed by atoms with van der Waals surface area (Å²) in [6.45, 7) is 6.64. The SMILES string of the molecule is CC(C)c1ccc(N2CC(CC(=O)N(C)C)C2)c2cnc(Nc3ccnc(N4CCC(O)C(F)C4)n3)cc12. The van der Waals surface area contributed by atoms with Crippen LogP contribution in [-0.4, -0.2) is 83.4 Å². The first kappa shape index (κ1) is 26.1. The van der Waals surface area contributed by atoms with Crippen LogP contribution in [0.1, 0.15) is 38.2 Å². The second-order valence-electron chi connectivity index (χ2n) is 10.9. The fourth-order valence-electron chi connectivity index (χ4n) is 5.20. The summed E-state index contributed by atoms with van der Waals surface area (Å²) < 4.78 is 14.0. The summed E-state index contributed by atoms with van der Waals surface area (Å²) in [5.41, 5.74) is 2.37. The topological polar surface area (TPSA) is 97.7 Å². The highest BCUT2D eigenvalue weighted by Gasteiger charge is 2.31. The van der Waals surface area contributed by atoms with Gasteiger partial charge >= 0.3 is 0 Å². The molecule has 2 aromatic heterocycles. The number of amides is 1. The van der Waals surface area contributed by atoms with Gasteiger partial charge < -0.3 is 25.1 Å². The van der Waals surface area contributed by atoms with Crippen LogP contribution >= 0.6 is 0 Å². The molecule has 0 radical (unpaired) electrons. The number of halogens is 1. The lowest BCUT2D eigenvalue weighted by Gasteiger charge is -2.42. The first-order valence-corrected chi connectivity index (χ1v) is 13.2. The molecule has 38 heavy (non-hydrogen) atoms. The molecule has 3 aromatic rings. The van der Waals surface area contributed by atoms with Gasteiger partial charge in [0.25, 0.3) is 0 Å². The number of aliphatic hydroxyl groups is 1. The normalized spacial score (nSPS) is 20.1. The van der Waals surface area contributed by atoms with E-state index < -0.39 is 12.3 Å². The van der Waals surface area contributed by atoms with Gasteiger partial charge in [-0.1, -0.05) is 19.9 Å². The van der Waals surface area contributed by atoms with Gasteiger partial charge in [0.1, 0.15) is 17.8 Å². The number of piperidine rings is 1. The van der Waals surface area contributed by atoms with Crippen molar-refractivity contribution in [2.24, 2.45) is 5.92 Å². The number of anilines is 4. The number of pyridine rings is 1. The number of carbonyl (C=O) groups excluding carboxylic acids is 1. The summed E-state index contributed by atoms with van der Waals surface area (Å²) >= 11 is 0. The van der Waals surface area contributed by atoms with Crippen molar-refractivity contribution in [2.75, 3.05) is 55.4 Å². The van der Waals surface area contributed by atoms with Crippen LogP contribution in [0.3, 0.4) is 0 Å². The molecule has 2 N–H and O–H groups in total. The lowest BCUT2D eigenvalue weighted by Crippen LogP contribution is -2.48. The van der Waals surface area contributed by atoms with Gasteiger partial charge in [-0.15, -0.1) is 0 Å². The number of nitrogens with zero attached hydrogens (tertiary/aromatic N) is 6. The van der Waals surface area contributed by atoms with Crippen LogP contribution in [0.5, 0.6) is 0 Å². The van der Waals surface area contributed by atoms with Crippen molar-refractivity contribution < 1.29 is 14.3 Å². The standard InChI is InChI=1S/C28H36FN7O2/c1-17(2)19-5-6-23(36-14-18(15-36)11-27(38)34(3)4)21-13-31-26(12-20(19)21)32-25-7-9-30-28(33-25)35-10-8-24(37)22(29)16-35/h5-7,9,12-13,17-18,22,24,37H,8,10-11,14-16H2,1-4H3,(H,30,31,32,33). The smallest absolute Gasteiger partial charge is 0.227 e. The Morgan fingerprint density at radius 3 is 2.63 bits per heavy atom. The molecule has 1 amide bonds. The van der Waals surface area contributed by atoms with Crippen molar-refractivity contribution in [1.82, 2.24) is 19.9 Å². The minimum absolute atomic E-state index is 0.0695. The molecule has 10 heteroatoms. The number of aromatic nitrogens is 3. The Labute approximate surface area is 222 Å². The van der Waals surface area contributed by atoms with Crippen LogP contribution in [0.4, 0.5) is 27.7 Å². The van der Waals surface area contributed by atoms with E-state index in [-0.39, 0.29) is 12.5 Å². The highest BCUT2D eigenvalue weighted by molar-refractivity contribution is 5.98. The average Bonchev–Trinajstić information content (AvgIpc) is 2.87. The molecular formula is C28H36FN7O2. The van der Waals surface area contributed by atoms with Gasteiger partial charge in [-0.05, 0) is 41.5 Å². The third kappa shape index (κ3) is 5.36. The zero-order chi connectivity index (χ0) is 27.0. The van der Waals surface area contributed by atoms with E-state index in [0.717, 1.165) is 29.5 Å². The summed E-state index contributed by atoms with van der Waals surface area (Å²) in [7, 11) is 3.60. The summed E-state index contributed by atoms with van der Waals surface area (Å²) in [6.07, 6.45) is 2.21. The van der Waals surface area contributed by atoms with Crippen LogP contribution in [0, 0.1) is 5.92 Å². The number of benzene rings is 1. The maximum absolute atomic E-state index is 14.0. The lowest BCUT2D eigenvalue weighted by atomic mass is 9.91. The van der Waals surface area contributed by atoms with E-state index in [1.807, 2.05) is 6.20 Å². The number of nitrogens with one attached hydrogen (secondary N) is 1. The monoisotopic (exact) mass is 521 g/mol. The van der Waals surface area contributed by atoms with E-state index in [2.05, 4.69) is 52.2 Å². The molecule has 0 aliphatic carbocycles. The molecule has 2 aliphatic rings. The number of hydrogen-bond donors (Lipinski definition) is 2. The molecule has 2 saturated heterocycles. The Hall–Kier alpha value is -3.53. The van der Waals surface area contributed by atoms with Crippen LogP contribution in [0.15, 0.2) is 36.7 Å². The van der Waals surface area contributed by atoms with Crippen molar-refractivity contribution in [3.05, 3.63) is 42.2 Å². The molecule has 0 spiro atoms. The molecule has 4 heterocycles. The Kier molecular flexibility index (Phi) is 7.34. The second kappa shape index (κ2) is 10.7. The fourth-order valence-corrected chi connectivity index (χ4v) is 5.20. The molecule has 9 nitrogen and oxygen atoms in total. The molecule has 2 aliphatic heterocycles. The van der Waals surface area contributed by atoms with Gasteiger partial charge in [-0.25, -0.2) is 14.4 Å². The first-order valence-electron chi connectivity index (χ1n) is 13.2. The fraction of sp³-hybridized carbons (Fsp3) is 0.500. The summed E-state index contributed by atoms with van der Waals surface area (Å²) in [4.78, 5) is 31.4. The molecule has 2 fully saturated rings. The van der Waals surface area contributed by atoms with E-state index in [4.69, 9.17) is 4.98 Å². The van der Waals surface area contributed by atoms with Gasteiger partial charge in [-0.3, -0.25) is 4.79 Å². The average molecular weight is 522 g/mol. The number of rotatable bonds is 7. The van der Waals surface area contributed by atoms with Crippen molar-refractivity contribution in [1.29, 1.82) is 0 Å². The summed E-state index contributed by atoms with van der Waals surface area (Å²) in [5, 5.41) is 15.2. The minimum atomic E-state index is -1.31. The predicted molar refractivity (Wildman–Crippen MR) is 148 cm³/mol. The van der Waals surface area contributed by atoms with Gasteiger partial charge in [-0.2, -0.15) is 4.98 Å². The predicted octanol–water partition coefficient (Wildman–Crippen LogP) is 3.72. The van der Waals surface area contributed by atoms with Gasteiger partial charge in [0.05, 0.1) is 12.6 Å². The third-order valence-electron chi connectivity index (χ3n) is 7.48. The molecular weight excluding hydrogens is 485 g/mol. The zero-order valence-electron chi connectivity index (χ0n) is 22.4. The van der Waals surface area contributed by atoms with E-state index in [0.29, 0.717) is 48.8 Å². The van der Waals surface area contributed by atoms with Crippen molar-refractivity contribution in [3.8, 4) is 0 Å². The van der Waals surface area contributed by atoms with Crippen LogP contribution in [0.25, 0.3) is 10.8 Å². The number of aliphatic hydroxyl groups excluding tert-OH is 1. The van der Waals surface area contributed by atoms with Crippen LogP contribution < -0.4 is 15.1 Å². The van der Waals surface area contributed by atoms with Gasteiger partial charge in [0, 0.05) is 69.5 Å². The number of alkyl halides is 1. The quantitative estimate of drug-likeness (QED) is 0.486. The summed E-state index contributed by atoms with van der Waals surface area (Å²) in [6, 6.07) is 8.17. The second-order valence-corrected chi connectivity index (χ2v) is 10.9. The van der Waals surface area contributed by atoms with E-state index >= 15 is 0 Å². The molecule has 5 rings (SSSR count). The minimum Gasteiger partial charge on any atom is -0.390 e. The van der Waals surface area contributed by atoms with Crippen molar-refractivity contribution in [3.63, 3.8) is 0 Å². The molecule has 202 valence electrons. The van der Waals surface area contributed by atoms with E-state index in [1.165, 1.54) is 5.56 Å². The Morgan fingerprint density at radius 2 is 1.92 bits per heavy atom. The van der Waals surface area contributed by atoms with E-state index in [9.17, 15) is 14.3 Å². The Morgan fingerprint density at radius 1 is 1.13 bits per heavy atom. The third-order valence-corrected chi connectivity index (χ3v) is 7.48.